The summed E-state index contributed by atoms with van der Waals surface area (Å²) < 4.78 is 5.12. The fourth-order valence-corrected chi connectivity index (χ4v) is 3.85. The quantitative estimate of drug-likeness (QED) is 0.384. The third-order valence-corrected chi connectivity index (χ3v) is 5.14. The molecule has 8 nitrogen and oxygen atoms in total. The molecule has 0 fully saturated rings. The van der Waals surface area contributed by atoms with Crippen LogP contribution in [-0.2, 0) is 16.0 Å². The molecule has 8 heteroatoms. The Balaban J connectivity index is 1.86. The summed E-state index contributed by atoms with van der Waals surface area (Å²) in [5.74, 6) is -1.35. The number of hydrogen-bond donors (Lipinski definition) is 1. The Morgan fingerprint density at radius 1 is 1.16 bits per heavy atom. The van der Waals surface area contributed by atoms with E-state index in [1.165, 1.54) is 12.1 Å². The van der Waals surface area contributed by atoms with Crippen molar-refractivity contribution in [1.29, 1.82) is 0 Å². The molecule has 0 radical (unpaired) electrons. The van der Waals surface area contributed by atoms with E-state index in [0.29, 0.717) is 34.1 Å². The molecule has 0 aliphatic heterocycles. The fourth-order valence-electron chi connectivity index (χ4n) is 3.85. The predicted molar refractivity (Wildman–Crippen MR) is 115 cm³/mol. The first-order chi connectivity index (χ1) is 14.9. The number of non-ortho nitro benzene ring substituents is 1. The first-order valence-electron chi connectivity index (χ1n) is 9.76. The van der Waals surface area contributed by atoms with Crippen LogP contribution in [0.5, 0.6) is 0 Å². The van der Waals surface area contributed by atoms with Gasteiger partial charge in [-0.25, -0.2) is 9.78 Å². The van der Waals surface area contributed by atoms with Crippen molar-refractivity contribution in [2.24, 2.45) is 5.73 Å². The summed E-state index contributed by atoms with van der Waals surface area (Å²) in [7, 11) is 0. The third-order valence-electron chi connectivity index (χ3n) is 5.14. The number of amides is 1. The van der Waals surface area contributed by atoms with E-state index in [1.807, 2.05) is 18.2 Å². The highest BCUT2D eigenvalue weighted by atomic mass is 16.6. The number of benzene rings is 2. The molecule has 0 unspecified atom stereocenters. The molecule has 0 saturated carbocycles. The summed E-state index contributed by atoms with van der Waals surface area (Å²) in [6.45, 7) is -0.499. The number of primary amides is 1. The van der Waals surface area contributed by atoms with Crippen LogP contribution >= 0.6 is 0 Å². The van der Waals surface area contributed by atoms with E-state index >= 15 is 0 Å². The summed E-state index contributed by atoms with van der Waals surface area (Å²) in [4.78, 5) is 39.4. The maximum atomic E-state index is 12.9. The monoisotopic (exact) mass is 417 g/mol. The molecule has 1 heterocycles. The molecule has 0 bridgehead atoms. The number of nitro groups is 1. The van der Waals surface area contributed by atoms with E-state index in [2.05, 4.69) is 0 Å². The van der Waals surface area contributed by atoms with E-state index in [-0.39, 0.29) is 5.69 Å². The Labute approximate surface area is 177 Å². The molecule has 0 spiro atoms. The zero-order chi connectivity index (χ0) is 22.0. The molecule has 156 valence electrons. The number of fused-ring (bicyclic) bond motifs is 2. The lowest BCUT2D eigenvalue weighted by Gasteiger charge is -2.22. The normalized spacial score (nSPS) is 14.3. The van der Waals surface area contributed by atoms with Gasteiger partial charge in [0.1, 0.15) is 0 Å². The SMILES string of the molecule is NC(=O)COC(=O)c1c2c(nc3ccccc13)/C(=C/c1cccc([N+](=O)[O-])c1)CCC2. The van der Waals surface area contributed by atoms with E-state index in [0.717, 1.165) is 24.0 Å². The molecule has 1 aromatic heterocycles. The minimum absolute atomic E-state index is 0.00701. The number of ether oxygens (including phenoxy) is 1. The number of carbonyl (C=O) groups is 2. The van der Waals surface area contributed by atoms with E-state index in [1.54, 1.807) is 24.3 Å². The number of nitrogens with two attached hydrogens (primary N) is 1. The van der Waals surface area contributed by atoms with Gasteiger partial charge in [0, 0.05) is 17.5 Å². The number of para-hydroxylation sites is 1. The standard InChI is InChI=1S/C23H19N3O5/c24-20(27)13-31-23(28)21-17-8-1-2-10-19(17)25-22-15(6-4-9-18(21)22)11-14-5-3-7-16(12-14)26(29)30/h1-3,5,7-8,10-12H,4,6,9,13H2,(H2,24,27)/b15-11+. The highest BCUT2D eigenvalue weighted by Crippen LogP contribution is 2.36. The molecule has 3 aromatic rings. The second-order valence-electron chi connectivity index (χ2n) is 7.25. The molecule has 0 saturated heterocycles. The third kappa shape index (κ3) is 4.13. The Bertz CT molecular complexity index is 1250. The van der Waals surface area contributed by atoms with Crippen LogP contribution in [-0.4, -0.2) is 28.4 Å². The predicted octanol–water partition coefficient (Wildman–Crippen LogP) is 3.66. The number of nitro benzene ring substituents is 1. The average Bonchev–Trinajstić information content (AvgIpc) is 2.76. The van der Waals surface area contributed by atoms with Gasteiger partial charge >= 0.3 is 5.97 Å². The van der Waals surface area contributed by atoms with Gasteiger partial charge in [0.25, 0.3) is 11.6 Å². The molecule has 1 aliphatic rings. The number of hydrogen-bond acceptors (Lipinski definition) is 6. The number of aromatic nitrogens is 1. The minimum atomic E-state index is -0.730. The maximum Gasteiger partial charge on any atom is 0.339 e. The zero-order valence-electron chi connectivity index (χ0n) is 16.5. The fraction of sp³-hybridized carbons (Fsp3) is 0.174. The van der Waals surface area contributed by atoms with Crippen molar-refractivity contribution in [3.05, 3.63) is 81.0 Å². The van der Waals surface area contributed by atoms with Gasteiger partial charge in [0.2, 0.25) is 0 Å². The van der Waals surface area contributed by atoms with Gasteiger partial charge < -0.3 is 10.5 Å². The highest BCUT2D eigenvalue weighted by Gasteiger charge is 2.26. The molecule has 2 N–H and O–H groups in total. The molecule has 0 atom stereocenters. The maximum absolute atomic E-state index is 12.9. The largest absolute Gasteiger partial charge is 0.452 e. The Morgan fingerprint density at radius 3 is 2.74 bits per heavy atom. The molecular weight excluding hydrogens is 398 g/mol. The Hall–Kier alpha value is -4.07. The zero-order valence-corrected chi connectivity index (χ0v) is 16.5. The number of allylic oxidation sites excluding steroid dienone is 1. The molecule has 1 amide bonds. The number of pyridine rings is 1. The van der Waals surface area contributed by atoms with E-state index in [4.69, 9.17) is 15.5 Å². The molecular formula is C23H19N3O5. The number of nitrogens with zero attached hydrogens (tertiary/aromatic N) is 2. The first kappa shape index (κ1) is 20.2. The van der Waals surface area contributed by atoms with Crippen molar-refractivity contribution in [2.45, 2.75) is 19.3 Å². The number of carbonyl (C=O) groups excluding carboxylic acids is 2. The van der Waals surface area contributed by atoms with Crippen molar-refractivity contribution < 1.29 is 19.2 Å². The van der Waals surface area contributed by atoms with Crippen LogP contribution in [0.1, 0.15) is 40.0 Å². The van der Waals surface area contributed by atoms with Gasteiger partial charge in [-0.2, -0.15) is 0 Å². The van der Waals surface area contributed by atoms with Gasteiger partial charge in [-0.05, 0) is 48.1 Å². The lowest BCUT2D eigenvalue weighted by molar-refractivity contribution is -0.384. The van der Waals surface area contributed by atoms with Gasteiger partial charge in [-0.3, -0.25) is 14.9 Å². The van der Waals surface area contributed by atoms with Gasteiger partial charge in [0.15, 0.2) is 6.61 Å². The Morgan fingerprint density at radius 2 is 1.97 bits per heavy atom. The molecule has 2 aromatic carbocycles. The van der Waals surface area contributed by atoms with Gasteiger partial charge in [-0.1, -0.05) is 30.3 Å². The van der Waals surface area contributed by atoms with Crippen LogP contribution in [0.2, 0.25) is 0 Å². The highest BCUT2D eigenvalue weighted by molar-refractivity contribution is 6.07. The minimum Gasteiger partial charge on any atom is -0.452 e. The number of rotatable bonds is 5. The summed E-state index contributed by atoms with van der Waals surface area (Å²) in [6.07, 6.45) is 3.99. The van der Waals surface area contributed by atoms with Crippen molar-refractivity contribution in [2.75, 3.05) is 6.61 Å². The summed E-state index contributed by atoms with van der Waals surface area (Å²) in [6, 6.07) is 13.6. The van der Waals surface area contributed by atoms with Crippen molar-refractivity contribution in [3.63, 3.8) is 0 Å². The smallest absolute Gasteiger partial charge is 0.339 e. The topological polar surface area (TPSA) is 125 Å². The number of esters is 1. The molecule has 4 rings (SSSR count). The van der Waals surface area contributed by atoms with Crippen LogP contribution in [0.25, 0.3) is 22.6 Å². The Kier molecular flexibility index (Phi) is 5.44. The summed E-state index contributed by atoms with van der Waals surface area (Å²) in [5, 5.41) is 11.8. The van der Waals surface area contributed by atoms with Crippen molar-refractivity contribution >= 4 is 40.1 Å². The lowest BCUT2D eigenvalue weighted by Crippen LogP contribution is -2.22. The van der Waals surface area contributed by atoms with Crippen LogP contribution < -0.4 is 5.73 Å². The van der Waals surface area contributed by atoms with E-state index < -0.39 is 23.4 Å². The van der Waals surface area contributed by atoms with Crippen molar-refractivity contribution in [1.82, 2.24) is 4.98 Å². The van der Waals surface area contributed by atoms with E-state index in [9.17, 15) is 19.7 Å². The second kappa shape index (κ2) is 8.35. The molecule has 31 heavy (non-hydrogen) atoms. The lowest BCUT2D eigenvalue weighted by atomic mass is 9.86. The van der Waals surface area contributed by atoms with Gasteiger partial charge in [0.05, 0.1) is 21.7 Å². The molecule has 1 aliphatic carbocycles. The van der Waals surface area contributed by atoms with Crippen LogP contribution in [0.15, 0.2) is 48.5 Å². The van der Waals surface area contributed by atoms with Crippen LogP contribution in [0.3, 0.4) is 0 Å². The second-order valence-corrected chi connectivity index (χ2v) is 7.25. The summed E-state index contributed by atoms with van der Waals surface area (Å²) >= 11 is 0. The van der Waals surface area contributed by atoms with Crippen LogP contribution in [0, 0.1) is 10.1 Å². The summed E-state index contributed by atoms with van der Waals surface area (Å²) in [5.41, 5.74) is 9.12. The first-order valence-corrected chi connectivity index (χ1v) is 9.76. The van der Waals surface area contributed by atoms with Gasteiger partial charge in [-0.15, -0.1) is 0 Å². The van der Waals surface area contributed by atoms with Crippen molar-refractivity contribution in [3.8, 4) is 0 Å². The average molecular weight is 417 g/mol. The van der Waals surface area contributed by atoms with Crippen LogP contribution in [0.4, 0.5) is 5.69 Å².